The fourth-order valence-electron chi connectivity index (χ4n) is 4.85. The number of ether oxygens (including phenoxy) is 1. The number of aromatic nitrogens is 1. The van der Waals surface area contributed by atoms with Gasteiger partial charge in [0.1, 0.15) is 23.2 Å². The zero-order valence-corrected chi connectivity index (χ0v) is 21.3. The molecule has 0 saturated carbocycles. The summed E-state index contributed by atoms with van der Waals surface area (Å²) in [5.74, 6) is -1.74. The first-order valence-electron chi connectivity index (χ1n) is 12.9. The van der Waals surface area contributed by atoms with E-state index in [0.29, 0.717) is 24.0 Å². The van der Waals surface area contributed by atoms with Crippen molar-refractivity contribution in [2.75, 3.05) is 49.1 Å². The van der Waals surface area contributed by atoms with Crippen LogP contribution in [0.25, 0.3) is 0 Å². The van der Waals surface area contributed by atoms with E-state index in [0.717, 1.165) is 81.1 Å². The highest BCUT2D eigenvalue weighted by Gasteiger charge is 2.38. The van der Waals surface area contributed by atoms with E-state index < -0.39 is 23.4 Å². The minimum absolute atomic E-state index is 0.134. The molecule has 0 unspecified atom stereocenters. The quantitative estimate of drug-likeness (QED) is 0.217. The molecule has 39 heavy (non-hydrogen) atoms. The first-order chi connectivity index (χ1) is 18.9. The number of unbranched alkanes of at least 4 members (excludes halogenated alkanes) is 2. The number of nitrogens with zero attached hydrogens (tertiary/aromatic N) is 4. The Bertz CT molecular complexity index is 1370. The normalized spacial score (nSPS) is 15.5. The Morgan fingerprint density at radius 1 is 0.872 bits per heavy atom. The summed E-state index contributed by atoms with van der Waals surface area (Å²) in [6.45, 7) is 5.15. The van der Waals surface area contributed by atoms with Gasteiger partial charge in [-0.25, -0.2) is 18.7 Å². The average Bonchev–Trinajstić information content (AvgIpc) is 3.20. The number of piperazine rings is 1. The van der Waals surface area contributed by atoms with Gasteiger partial charge >= 0.3 is 0 Å². The number of carbonyl (C=O) groups is 3. The van der Waals surface area contributed by atoms with Crippen molar-refractivity contribution in [2.24, 2.45) is 0 Å². The number of hydrogen-bond donors (Lipinski definition) is 0. The number of benzene rings is 2. The van der Waals surface area contributed by atoms with E-state index in [1.54, 1.807) is 18.3 Å². The summed E-state index contributed by atoms with van der Waals surface area (Å²) < 4.78 is 33.3. The molecule has 2 aromatic carbocycles. The zero-order valence-electron chi connectivity index (χ0n) is 21.3. The number of pyridine rings is 1. The Morgan fingerprint density at radius 3 is 2.38 bits per heavy atom. The standard InChI is InChI=1S/C29H28F2N4O4/c30-21-5-8-26(25(31)16-21)35-28(37)23-7-6-22(17-24(23)29(35)38)39-15-3-1-2-10-33-11-13-34(14-12-33)27-9-4-20(19-36)18-32-27/h4-9,16-19H,1-3,10-15H2. The van der Waals surface area contributed by atoms with Crippen LogP contribution in [-0.4, -0.2) is 67.3 Å². The molecule has 8 nitrogen and oxygen atoms in total. The van der Waals surface area contributed by atoms with Crippen molar-refractivity contribution in [1.82, 2.24) is 9.88 Å². The number of anilines is 2. The highest BCUT2D eigenvalue weighted by molar-refractivity contribution is 6.34. The molecule has 1 saturated heterocycles. The van der Waals surface area contributed by atoms with Crippen molar-refractivity contribution in [1.29, 1.82) is 0 Å². The van der Waals surface area contributed by atoms with Crippen LogP contribution in [0.4, 0.5) is 20.3 Å². The van der Waals surface area contributed by atoms with Crippen LogP contribution in [0.2, 0.25) is 0 Å². The second-order valence-corrected chi connectivity index (χ2v) is 9.55. The largest absolute Gasteiger partial charge is 0.494 e. The van der Waals surface area contributed by atoms with Crippen molar-refractivity contribution in [3.8, 4) is 5.75 Å². The summed E-state index contributed by atoms with van der Waals surface area (Å²) in [5, 5.41) is 0. The first kappa shape index (κ1) is 26.4. The molecular formula is C29H28F2N4O4. The Labute approximate surface area is 224 Å². The number of amides is 2. The van der Waals surface area contributed by atoms with Gasteiger partial charge in [-0.15, -0.1) is 0 Å². The van der Waals surface area contributed by atoms with Gasteiger partial charge in [0.15, 0.2) is 6.29 Å². The van der Waals surface area contributed by atoms with Gasteiger partial charge in [-0.1, -0.05) is 0 Å². The third-order valence-electron chi connectivity index (χ3n) is 7.00. The maximum atomic E-state index is 14.2. The molecule has 1 fully saturated rings. The summed E-state index contributed by atoms with van der Waals surface area (Å²) in [5.41, 5.74) is 0.586. The molecule has 0 N–H and O–H groups in total. The molecule has 202 valence electrons. The van der Waals surface area contributed by atoms with Crippen molar-refractivity contribution in [3.05, 3.63) is 83.1 Å². The smallest absolute Gasteiger partial charge is 0.266 e. The molecule has 2 amide bonds. The molecule has 0 spiro atoms. The molecule has 3 aromatic rings. The maximum Gasteiger partial charge on any atom is 0.266 e. The topological polar surface area (TPSA) is 83.0 Å². The van der Waals surface area contributed by atoms with Gasteiger partial charge in [-0.05, 0) is 68.3 Å². The predicted molar refractivity (Wildman–Crippen MR) is 142 cm³/mol. The van der Waals surface area contributed by atoms with Crippen LogP contribution in [0, 0.1) is 11.6 Å². The van der Waals surface area contributed by atoms with E-state index in [9.17, 15) is 23.2 Å². The third kappa shape index (κ3) is 5.80. The van der Waals surface area contributed by atoms with Crippen LogP contribution in [0.1, 0.15) is 50.3 Å². The minimum Gasteiger partial charge on any atom is -0.494 e. The molecule has 2 aliphatic rings. The Balaban J connectivity index is 1.04. The number of halogens is 2. The lowest BCUT2D eigenvalue weighted by atomic mass is 10.1. The van der Waals surface area contributed by atoms with Crippen LogP contribution >= 0.6 is 0 Å². The fourth-order valence-corrected chi connectivity index (χ4v) is 4.85. The molecule has 0 aliphatic carbocycles. The van der Waals surface area contributed by atoms with Gasteiger partial charge in [-0.3, -0.25) is 19.3 Å². The number of aldehydes is 1. The van der Waals surface area contributed by atoms with Gasteiger partial charge in [0.05, 0.1) is 23.4 Å². The Hall–Kier alpha value is -4.18. The second kappa shape index (κ2) is 11.7. The molecule has 0 bridgehead atoms. The molecule has 10 heteroatoms. The number of hydrogen-bond acceptors (Lipinski definition) is 7. The highest BCUT2D eigenvalue weighted by Crippen LogP contribution is 2.32. The Morgan fingerprint density at radius 2 is 1.67 bits per heavy atom. The van der Waals surface area contributed by atoms with E-state index in [1.807, 2.05) is 6.07 Å². The van der Waals surface area contributed by atoms with E-state index in [-0.39, 0.29) is 16.8 Å². The summed E-state index contributed by atoms with van der Waals surface area (Å²) >= 11 is 0. The van der Waals surface area contributed by atoms with E-state index in [4.69, 9.17) is 4.74 Å². The third-order valence-corrected chi connectivity index (χ3v) is 7.00. The lowest BCUT2D eigenvalue weighted by Gasteiger charge is -2.35. The summed E-state index contributed by atoms with van der Waals surface area (Å²) in [7, 11) is 0. The number of rotatable bonds is 10. The molecule has 2 aliphatic heterocycles. The lowest BCUT2D eigenvalue weighted by molar-refractivity contribution is 0.0924. The van der Waals surface area contributed by atoms with Crippen LogP contribution in [0.3, 0.4) is 0 Å². The number of imide groups is 1. The van der Waals surface area contributed by atoms with Gasteiger partial charge in [0.2, 0.25) is 0 Å². The molecular weight excluding hydrogens is 506 g/mol. The molecule has 1 aromatic heterocycles. The van der Waals surface area contributed by atoms with E-state index >= 15 is 0 Å². The van der Waals surface area contributed by atoms with E-state index in [2.05, 4.69) is 14.8 Å². The van der Waals surface area contributed by atoms with Crippen LogP contribution in [-0.2, 0) is 0 Å². The molecule has 0 atom stereocenters. The fraction of sp³-hybridized carbons (Fsp3) is 0.310. The van der Waals surface area contributed by atoms with Crippen molar-refractivity contribution in [3.63, 3.8) is 0 Å². The summed E-state index contributed by atoms with van der Waals surface area (Å²) in [4.78, 5) is 46.1. The van der Waals surface area contributed by atoms with Crippen molar-refractivity contribution < 1.29 is 27.9 Å². The molecule has 5 rings (SSSR count). The number of carbonyl (C=O) groups excluding carboxylic acids is 3. The van der Waals surface area contributed by atoms with Gasteiger partial charge < -0.3 is 9.64 Å². The predicted octanol–water partition coefficient (Wildman–Crippen LogP) is 4.34. The lowest BCUT2D eigenvalue weighted by Crippen LogP contribution is -2.46. The van der Waals surface area contributed by atoms with Crippen LogP contribution in [0.15, 0.2) is 54.7 Å². The molecule has 0 radical (unpaired) electrons. The summed E-state index contributed by atoms with van der Waals surface area (Å²) in [6, 6.07) is 11.0. The average molecular weight is 535 g/mol. The van der Waals surface area contributed by atoms with Crippen LogP contribution < -0.4 is 14.5 Å². The maximum absolute atomic E-state index is 14.2. The minimum atomic E-state index is -0.981. The van der Waals surface area contributed by atoms with Gasteiger partial charge in [0.25, 0.3) is 11.8 Å². The van der Waals surface area contributed by atoms with Gasteiger partial charge in [-0.2, -0.15) is 0 Å². The Kier molecular flexibility index (Phi) is 7.92. The van der Waals surface area contributed by atoms with Crippen molar-refractivity contribution >= 4 is 29.6 Å². The molecule has 3 heterocycles. The SMILES string of the molecule is O=Cc1ccc(N2CCN(CCCCCOc3ccc4c(c3)C(=O)N(c3ccc(F)cc3F)C4=O)CC2)nc1. The number of fused-ring (bicyclic) bond motifs is 1. The van der Waals surface area contributed by atoms with E-state index in [1.165, 1.54) is 12.1 Å². The van der Waals surface area contributed by atoms with Gasteiger partial charge in [0, 0.05) is 44.0 Å². The second-order valence-electron chi connectivity index (χ2n) is 9.55. The van der Waals surface area contributed by atoms with Crippen LogP contribution in [0.5, 0.6) is 5.75 Å². The monoisotopic (exact) mass is 534 g/mol. The highest BCUT2D eigenvalue weighted by atomic mass is 19.1. The van der Waals surface area contributed by atoms with Crippen molar-refractivity contribution in [2.45, 2.75) is 19.3 Å². The summed E-state index contributed by atoms with van der Waals surface area (Å²) in [6.07, 6.45) is 5.24. The first-order valence-corrected chi connectivity index (χ1v) is 12.9. The zero-order chi connectivity index (χ0) is 27.4.